The predicted octanol–water partition coefficient (Wildman–Crippen LogP) is -3.59. The van der Waals surface area contributed by atoms with Gasteiger partial charge in [0, 0.05) is 13.0 Å². The summed E-state index contributed by atoms with van der Waals surface area (Å²) in [4.78, 5) is 26.1. The second-order valence-corrected chi connectivity index (χ2v) is 7.01. The second-order valence-electron chi connectivity index (χ2n) is 7.01. The summed E-state index contributed by atoms with van der Waals surface area (Å²) in [6.45, 7) is 3.50. The maximum absolute atomic E-state index is 12.4. The third-order valence-corrected chi connectivity index (χ3v) is 4.98. The Morgan fingerprint density at radius 2 is 2.23 bits per heavy atom. The van der Waals surface area contributed by atoms with E-state index in [2.05, 4.69) is 21.3 Å². The van der Waals surface area contributed by atoms with Gasteiger partial charge in [-0.2, -0.15) is 0 Å². The fourth-order valence-corrected chi connectivity index (χ4v) is 3.50. The number of aliphatic hydroxyl groups is 2. The molecule has 3 heterocycles. The molecule has 6 N–H and O–H groups in total. The minimum absolute atomic E-state index is 0.193. The van der Waals surface area contributed by atoms with Crippen LogP contribution in [-0.2, 0) is 19.1 Å². The quantitative estimate of drug-likeness (QED) is 0.288. The molecule has 3 unspecified atom stereocenters. The summed E-state index contributed by atoms with van der Waals surface area (Å²) in [6, 6.07) is -0.548. The third kappa shape index (κ3) is 3.43. The number of nitrogens with one attached hydrogen (secondary N) is 4. The van der Waals surface area contributed by atoms with Gasteiger partial charge in [-0.05, 0) is 0 Å². The molecule has 148 valence electrons. The van der Waals surface area contributed by atoms with Crippen LogP contribution in [0.3, 0.4) is 0 Å². The summed E-state index contributed by atoms with van der Waals surface area (Å²) < 4.78 is 11.1. The number of aliphatic hydroxyl groups excluding tert-OH is 2. The number of rotatable bonds is 5. The zero-order valence-electron chi connectivity index (χ0n) is 15.0. The highest BCUT2D eigenvalue weighted by Gasteiger charge is 2.53. The molecule has 11 nitrogen and oxygen atoms in total. The van der Waals surface area contributed by atoms with Crippen LogP contribution in [0, 0.1) is 5.92 Å². The molecule has 3 fully saturated rings. The highest BCUT2D eigenvalue weighted by Crippen LogP contribution is 2.29. The Bertz CT molecular complexity index is 549. The minimum Gasteiger partial charge on any atom is -0.394 e. The number of amides is 2. The number of nitrogens with zero attached hydrogens (tertiary/aromatic N) is 1. The largest absolute Gasteiger partial charge is 0.394 e. The first-order chi connectivity index (χ1) is 12.4. The molecule has 0 saturated carbocycles. The Morgan fingerprint density at radius 3 is 2.85 bits per heavy atom. The SMILES string of the molecule is CO[C@@H]1[C@H](O)[C@@H](CO)O[C@H]1N1CNC2C(=O)NC(NC(=O)C(C)C)NC21. The monoisotopic (exact) mass is 373 g/mol. The van der Waals surface area contributed by atoms with E-state index in [1.54, 1.807) is 13.8 Å². The van der Waals surface area contributed by atoms with Crippen molar-refractivity contribution in [3.63, 3.8) is 0 Å². The van der Waals surface area contributed by atoms with Crippen LogP contribution in [0.15, 0.2) is 0 Å². The summed E-state index contributed by atoms with van der Waals surface area (Å²) in [7, 11) is 1.46. The van der Waals surface area contributed by atoms with Gasteiger partial charge in [-0.3, -0.25) is 20.2 Å². The maximum atomic E-state index is 12.4. The molecule has 26 heavy (non-hydrogen) atoms. The van der Waals surface area contributed by atoms with Crippen molar-refractivity contribution in [3.8, 4) is 0 Å². The minimum atomic E-state index is -0.983. The van der Waals surface area contributed by atoms with E-state index in [9.17, 15) is 19.8 Å². The van der Waals surface area contributed by atoms with Crippen molar-refractivity contribution < 1.29 is 29.3 Å². The number of methoxy groups -OCH3 is 1. The zero-order valence-corrected chi connectivity index (χ0v) is 15.0. The van der Waals surface area contributed by atoms with Crippen LogP contribution in [0.5, 0.6) is 0 Å². The lowest BCUT2D eigenvalue weighted by molar-refractivity contribution is -0.137. The van der Waals surface area contributed by atoms with Crippen LogP contribution in [0.1, 0.15) is 13.8 Å². The Labute approximate surface area is 151 Å². The number of hydrogen-bond acceptors (Lipinski definition) is 9. The first-order valence-electron chi connectivity index (χ1n) is 8.70. The molecule has 0 aliphatic carbocycles. The second kappa shape index (κ2) is 7.72. The molecule has 3 aliphatic heterocycles. The fraction of sp³-hybridized carbons (Fsp3) is 0.867. The Hall–Kier alpha value is -1.34. The lowest BCUT2D eigenvalue weighted by Gasteiger charge is -2.39. The average molecular weight is 373 g/mol. The number of carbonyl (C=O) groups excluding carboxylic acids is 2. The maximum Gasteiger partial charge on any atom is 0.242 e. The first kappa shape index (κ1) is 19.4. The van der Waals surface area contributed by atoms with Crippen molar-refractivity contribution in [2.24, 2.45) is 5.92 Å². The molecule has 0 aromatic rings. The van der Waals surface area contributed by atoms with Gasteiger partial charge in [-0.1, -0.05) is 13.8 Å². The van der Waals surface area contributed by atoms with E-state index in [-0.39, 0.29) is 24.3 Å². The molecular weight excluding hydrogens is 346 g/mol. The first-order valence-corrected chi connectivity index (χ1v) is 8.70. The van der Waals surface area contributed by atoms with E-state index in [0.29, 0.717) is 6.67 Å². The molecule has 2 amide bonds. The Kier molecular flexibility index (Phi) is 5.77. The van der Waals surface area contributed by atoms with Crippen molar-refractivity contribution in [1.29, 1.82) is 0 Å². The molecule has 0 aromatic heterocycles. The smallest absolute Gasteiger partial charge is 0.242 e. The van der Waals surface area contributed by atoms with Gasteiger partial charge in [0.05, 0.1) is 19.4 Å². The van der Waals surface area contributed by atoms with E-state index in [0.717, 1.165) is 0 Å². The van der Waals surface area contributed by atoms with Gasteiger partial charge in [0.25, 0.3) is 0 Å². The molecular formula is C15H27N5O6. The van der Waals surface area contributed by atoms with Gasteiger partial charge in [0.2, 0.25) is 11.8 Å². The van der Waals surface area contributed by atoms with E-state index in [1.807, 2.05) is 4.90 Å². The number of ether oxygens (including phenoxy) is 2. The number of hydrogen-bond donors (Lipinski definition) is 6. The summed E-state index contributed by atoms with van der Waals surface area (Å²) in [5, 5.41) is 31.3. The Balaban J connectivity index is 1.74. The van der Waals surface area contributed by atoms with Crippen molar-refractivity contribution in [3.05, 3.63) is 0 Å². The van der Waals surface area contributed by atoms with Gasteiger partial charge in [-0.15, -0.1) is 0 Å². The summed E-state index contributed by atoms with van der Waals surface area (Å²) >= 11 is 0. The van der Waals surface area contributed by atoms with Crippen LogP contribution in [-0.4, -0.2) is 90.3 Å². The third-order valence-electron chi connectivity index (χ3n) is 4.98. The van der Waals surface area contributed by atoms with E-state index < -0.39 is 43.0 Å². The molecule has 0 radical (unpaired) electrons. The van der Waals surface area contributed by atoms with Crippen molar-refractivity contribution in [2.45, 2.75) is 56.9 Å². The van der Waals surface area contributed by atoms with Crippen LogP contribution in [0.4, 0.5) is 0 Å². The van der Waals surface area contributed by atoms with Crippen molar-refractivity contribution in [2.75, 3.05) is 20.4 Å². The van der Waals surface area contributed by atoms with E-state index >= 15 is 0 Å². The van der Waals surface area contributed by atoms with E-state index in [4.69, 9.17) is 9.47 Å². The number of carbonyl (C=O) groups is 2. The highest BCUT2D eigenvalue weighted by atomic mass is 16.6. The van der Waals surface area contributed by atoms with Crippen molar-refractivity contribution >= 4 is 11.8 Å². The summed E-state index contributed by atoms with van der Waals surface area (Å²) in [6.07, 6.45) is -4.28. The summed E-state index contributed by atoms with van der Waals surface area (Å²) in [5.74, 6) is -0.668. The molecule has 7 atom stereocenters. The fourth-order valence-electron chi connectivity index (χ4n) is 3.50. The normalized spacial score (nSPS) is 40.5. The molecule has 3 saturated heterocycles. The van der Waals surface area contributed by atoms with Gasteiger partial charge >= 0.3 is 0 Å². The van der Waals surface area contributed by atoms with Crippen LogP contribution >= 0.6 is 0 Å². The van der Waals surface area contributed by atoms with Crippen molar-refractivity contribution in [1.82, 2.24) is 26.2 Å². The highest BCUT2D eigenvalue weighted by molar-refractivity contribution is 5.85. The molecule has 0 spiro atoms. The van der Waals surface area contributed by atoms with Gasteiger partial charge in [-0.25, -0.2) is 4.90 Å². The van der Waals surface area contributed by atoms with Crippen LogP contribution in [0.25, 0.3) is 0 Å². The van der Waals surface area contributed by atoms with Gasteiger partial charge in [0.1, 0.15) is 30.6 Å². The van der Waals surface area contributed by atoms with Gasteiger partial charge in [0.15, 0.2) is 6.29 Å². The Morgan fingerprint density at radius 1 is 1.50 bits per heavy atom. The topological polar surface area (TPSA) is 144 Å². The average Bonchev–Trinajstić information content (AvgIpc) is 3.15. The molecule has 0 bridgehead atoms. The molecule has 3 rings (SSSR count). The molecule has 11 heteroatoms. The standard InChI is InChI=1S/C15H27N5O6/c1-6(2)12(23)18-15-17-11-8(13(24)19-15)16-5-20(11)14-10(25-3)9(22)7(4-21)26-14/h6-11,14-17,21-22H,4-5H2,1-3H3,(H,18,23)(H,19,24)/t7-,8?,9-,10-,11?,14-,15?/m1/s1. The number of fused-ring (bicyclic) bond motifs is 1. The van der Waals surface area contributed by atoms with Crippen LogP contribution < -0.4 is 21.3 Å². The van der Waals surface area contributed by atoms with E-state index in [1.165, 1.54) is 7.11 Å². The summed E-state index contributed by atoms with van der Waals surface area (Å²) in [5.41, 5.74) is 0. The van der Waals surface area contributed by atoms with Crippen LogP contribution in [0.2, 0.25) is 0 Å². The molecule has 3 aliphatic rings. The molecule has 0 aromatic carbocycles. The predicted molar refractivity (Wildman–Crippen MR) is 88.0 cm³/mol. The lowest BCUT2D eigenvalue weighted by Crippen LogP contribution is -2.72. The van der Waals surface area contributed by atoms with Gasteiger partial charge < -0.3 is 30.3 Å². The lowest BCUT2D eigenvalue weighted by atomic mass is 10.1. The zero-order chi connectivity index (χ0) is 19.0.